The second-order valence-corrected chi connectivity index (χ2v) is 9.72. The zero-order valence-corrected chi connectivity index (χ0v) is 19.7. The first-order valence-corrected chi connectivity index (χ1v) is 11.0. The van der Waals surface area contributed by atoms with Crippen molar-refractivity contribution >= 4 is 28.9 Å². The highest BCUT2D eigenvalue weighted by Gasteiger charge is 2.43. The van der Waals surface area contributed by atoms with Gasteiger partial charge in [0.15, 0.2) is 0 Å². The lowest BCUT2D eigenvalue weighted by Gasteiger charge is -2.46. The van der Waals surface area contributed by atoms with Gasteiger partial charge in [0.25, 0.3) is 0 Å². The first kappa shape index (κ1) is 21.9. The Morgan fingerprint density at radius 3 is 2.75 bits per heavy atom. The van der Waals surface area contributed by atoms with Crippen LogP contribution in [0.3, 0.4) is 0 Å². The first-order valence-electron chi connectivity index (χ1n) is 11.0. The monoisotopic (exact) mass is 432 g/mol. The highest BCUT2D eigenvalue weighted by Crippen LogP contribution is 2.45. The van der Waals surface area contributed by atoms with Crippen LogP contribution in [0, 0.1) is 10.8 Å². The van der Waals surface area contributed by atoms with Crippen molar-refractivity contribution in [3.63, 3.8) is 0 Å². The van der Waals surface area contributed by atoms with Crippen LogP contribution in [0.1, 0.15) is 34.1 Å². The zero-order chi connectivity index (χ0) is 23.1. The Balaban J connectivity index is 1.86. The van der Waals surface area contributed by atoms with E-state index in [-0.39, 0.29) is 16.9 Å². The number of benzene rings is 1. The average molecular weight is 433 g/mol. The Hall–Kier alpha value is -3.28. The van der Waals surface area contributed by atoms with Crippen LogP contribution >= 0.6 is 0 Å². The van der Waals surface area contributed by atoms with Gasteiger partial charge in [-0.1, -0.05) is 58.1 Å². The van der Waals surface area contributed by atoms with E-state index in [1.807, 2.05) is 25.2 Å². The fourth-order valence-corrected chi connectivity index (χ4v) is 4.59. The molecule has 0 saturated carbocycles. The lowest BCUT2D eigenvalue weighted by molar-refractivity contribution is 0.187. The van der Waals surface area contributed by atoms with Crippen molar-refractivity contribution in [2.24, 2.45) is 15.8 Å². The summed E-state index contributed by atoms with van der Waals surface area (Å²) in [4.78, 5) is 16.8. The van der Waals surface area contributed by atoms with E-state index >= 15 is 0 Å². The summed E-state index contributed by atoms with van der Waals surface area (Å²) < 4.78 is 4.70. The lowest BCUT2D eigenvalue weighted by atomic mass is 9.68. The van der Waals surface area contributed by atoms with E-state index in [1.165, 1.54) is 18.4 Å². The molecule has 0 bridgehead atoms. The number of hydrogen-bond acceptors (Lipinski definition) is 5. The maximum Gasteiger partial charge on any atom is 0.411 e. The molecule has 1 atom stereocenters. The molecule has 1 aromatic carbocycles. The third-order valence-electron chi connectivity index (χ3n) is 6.46. The fraction of sp³-hybridized carbons (Fsp3) is 0.385. The summed E-state index contributed by atoms with van der Waals surface area (Å²) in [7, 11) is 3.20. The summed E-state index contributed by atoms with van der Waals surface area (Å²) in [5.74, 6) is 0. The number of nitrogens with one attached hydrogen (secondary N) is 3. The number of hydrogen-bond donors (Lipinski definition) is 3. The van der Waals surface area contributed by atoms with Crippen molar-refractivity contribution in [2.75, 3.05) is 24.8 Å². The topological polar surface area (TPSA) is 74.8 Å². The number of fused-ring (bicyclic) bond motifs is 1. The summed E-state index contributed by atoms with van der Waals surface area (Å²) in [5.41, 5.74) is 6.84. The second kappa shape index (κ2) is 8.01. The smallest absolute Gasteiger partial charge is 0.411 e. The molecular weight excluding hydrogens is 400 g/mol. The van der Waals surface area contributed by atoms with Crippen LogP contribution in [0.15, 0.2) is 70.4 Å². The number of carbonyl (C=O) groups is 1. The molecule has 1 heterocycles. The third kappa shape index (κ3) is 3.85. The van der Waals surface area contributed by atoms with Crippen LogP contribution in [-0.4, -0.2) is 32.0 Å². The molecule has 0 spiro atoms. The molecule has 2 aliphatic carbocycles. The van der Waals surface area contributed by atoms with Gasteiger partial charge in [0.1, 0.15) is 0 Å². The molecule has 6 heteroatoms. The van der Waals surface area contributed by atoms with Crippen LogP contribution in [0.4, 0.5) is 21.9 Å². The Bertz CT molecular complexity index is 1100. The number of rotatable bonds is 3. The molecule has 1 aromatic rings. The van der Waals surface area contributed by atoms with Crippen LogP contribution in [0.5, 0.6) is 0 Å². The van der Waals surface area contributed by atoms with Crippen molar-refractivity contribution in [1.29, 1.82) is 0 Å². The minimum absolute atomic E-state index is 0.00769. The molecule has 3 N–H and O–H groups in total. The zero-order valence-electron chi connectivity index (χ0n) is 19.7. The highest BCUT2D eigenvalue weighted by molar-refractivity contribution is 6.18. The average Bonchev–Trinajstić information content (AvgIpc) is 2.74. The number of allylic oxidation sites excluding steroid dienone is 6. The van der Waals surface area contributed by atoms with Gasteiger partial charge in [-0.05, 0) is 24.6 Å². The molecule has 0 saturated heterocycles. The van der Waals surface area contributed by atoms with Gasteiger partial charge < -0.3 is 15.4 Å². The Labute approximate surface area is 190 Å². The highest BCUT2D eigenvalue weighted by atomic mass is 16.5. The van der Waals surface area contributed by atoms with Gasteiger partial charge in [-0.2, -0.15) is 0 Å². The summed E-state index contributed by atoms with van der Waals surface area (Å²) in [6.07, 6.45) is 11.5. The van der Waals surface area contributed by atoms with Crippen molar-refractivity contribution in [3.05, 3.63) is 65.4 Å². The molecule has 4 rings (SSSR count). The minimum Gasteiger partial charge on any atom is -0.453 e. The number of ether oxygens (including phenoxy) is 1. The van der Waals surface area contributed by atoms with Gasteiger partial charge in [0.2, 0.25) is 0 Å². The number of carbonyl (C=O) groups excluding carboxylic acids is 1. The number of aliphatic imine (C=N–C) groups is 1. The molecule has 0 fully saturated rings. The van der Waals surface area contributed by atoms with Crippen LogP contribution in [-0.2, 0) is 4.74 Å². The van der Waals surface area contributed by atoms with Crippen molar-refractivity contribution in [2.45, 2.75) is 40.2 Å². The van der Waals surface area contributed by atoms with Crippen LogP contribution in [0.25, 0.3) is 0 Å². The van der Waals surface area contributed by atoms with E-state index in [0.29, 0.717) is 5.69 Å². The quantitative estimate of drug-likeness (QED) is 0.572. The molecule has 0 aromatic heterocycles. The Kier molecular flexibility index (Phi) is 5.49. The van der Waals surface area contributed by atoms with Crippen molar-refractivity contribution < 1.29 is 9.53 Å². The molecule has 1 aliphatic heterocycles. The van der Waals surface area contributed by atoms with Gasteiger partial charge in [-0.15, -0.1) is 0 Å². The number of amides is 1. The van der Waals surface area contributed by atoms with E-state index < -0.39 is 6.09 Å². The Morgan fingerprint density at radius 2 is 2.03 bits per heavy atom. The van der Waals surface area contributed by atoms with E-state index in [4.69, 9.17) is 9.73 Å². The minimum atomic E-state index is -0.502. The molecule has 1 unspecified atom stereocenters. The number of nitrogens with zero attached hydrogens (tertiary/aromatic N) is 1. The molecule has 0 radical (unpaired) electrons. The summed E-state index contributed by atoms with van der Waals surface area (Å²) in [6, 6.07) is 5.77. The van der Waals surface area contributed by atoms with E-state index in [1.54, 1.807) is 0 Å². The van der Waals surface area contributed by atoms with Gasteiger partial charge >= 0.3 is 6.09 Å². The summed E-state index contributed by atoms with van der Waals surface area (Å²) >= 11 is 0. The predicted molar refractivity (Wildman–Crippen MR) is 132 cm³/mol. The van der Waals surface area contributed by atoms with Gasteiger partial charge in [-0.3, -0.25) is 5.32 Å². The summed E-state index contributed by atoms with van der Waals surface area (Å²) in [6.45, 7) is 9.08. The first-order chi connectivity index (χ1) is 15.2. The molecular formula is C26H32N4O2. The standard InChI is InChI=1S/C26H32N4O2/c1-25(2)13-7-9-17-21(18-10-8-14-26(3,4)23(18)30-22(17)25)29-19-12-11-16(15-20(19)27-5)28-24(31)32-6/h7-13,15,22,27,30H,14H2,1-6H3,(H,28,31). The summed E-state index contributed by atoms with van der Waals surface area (Å²) in [5, 5.41) is 9.79. The molecule has 168 valence electrons. The van der Waals surface area contributed by atoms with Crippen LogP contribution < -0.4 is 16.0 Å². The van der Waals surface area contributed by atoms with E-state index in [0.717, 1.165) is 29.1 Å². The maximum atomic E-state index is 11.6. The molecule has 1 amide bonds. The van der Waals surface area contributed by atoms with Gasteiger partial charge in [0, 0.05) is 40.4 Å². The van der Waals surface area contributed by atoms with E-state index in [2.05, 4.69) is 74.0 Å². The third-order valence-corrected chi connectivity index (χ3v) is 6.46. The second-order valence-electron chi connectivity index (χ2n) is 9.72. The molecule has 6 nitrogen and oxygen atoms in total. The lowest BCUT2D eigenvalue weighted by Crippen LogP contribution is -2.51. The van der Waals surface area contributed by atoms with Gasteiger partial charge in [0.05, 0.1) is 30.2 Å². The SMILES string of the molecule is CNc1cc(NC(=O)OC)ccc1N=C1C2=CC=CC(C)(C)C2NC2=C1C=CCC2(C)C. The normalized spacial score (nSPS) is 23.6. The van der Waals surface area contributed by atoms with Crippen molar-refractivity contribution in [3.8, 4) is 0 Å². The fourth-order valence-electron chi connectivity index (χ4n) is 4.59. The Morgan fingerprint density at radius 1 is 1.25 bits per heavy atom. The van der Waals surface area contributed by atoms with Crippen molar-refractivity contribution in [1.82, 2.24) is 5.32 Å². The maximum absolute atomic E-state index is 11.6. The molecule has 3 aliphatic rings. The number of methoxy groups -OCH3 is 1. The van der Waals surface area contributed by atoms with E-state index in [9.17, 15) is 4.79 Å². The number of anilines is 2. The predicted octanol–water partition coefficient (Wildman–Crippen LogP) is 5.71. The van der Waals surface area contributed by atoms with Crippen LogP contribution in [0.2, 0.25) is 0 Å². The molecule has 32 heavy (non-hydrogen) atoms. The van der Waals surface area contributed by atoms with Gasteiger partial charge in [-0.25, -0.2) is 9.79 Å². The largest absolute Gasteiger partial charge is 0.453 e.